The van der Waals surface area contributed by atoms with Crippen LogP contribution in [0.4, 0.5) is 4.39 Å². The molecule has 1 unspecified atom stereocenters. The minimum atomic E-state index is -0.271. The van der Waals surface area contributed by atoms with Crippen molar-refractivity contribution in [1.29, 1.82) is 0 Å². The standard InChI is InChI=1S/C14H20ClFN2/c1-11(18-4-2-3-5-18)9-17-10-12-6-13(15)8-14(16)7-12/h6-8,11,17H,2-5,9-10H2,1H3. The van der Waals surface area contributed by atoms with E-state index in [2.05, 4.69) is 17.1 Å². The molecular formula is C14H20ClFN2. The summed E-state index contributed by atoms with van der Waals surface area (Å²) in [6.07, 6.45) is 2.62. The van der Waals surface area contributed by atoms with Crippen LogP contribution in [-0.4, -0.2) is 30.6 Å². The van der Waals surface area contributed by atoms with Gasteiger partial charge in [-0.25, -0.2) is 4.39 Å². The lowest BCUT2D eigenvalue weighted by Gasteiger charge is -2.24. The van der Waals surface area contributed by atoms with Crippen molar-refractivity contribution in [3.05, 3.63) is 34.6 Å². The molecule has 0 bridgehead atoms. The highest BCUT2D eigenvalue weighted by atomic mass is 35.5. The Hall–Kier alpha value is -0.640. The molecule has 2 nitrogen and oxygen atoms in total. The molecule has 0 aliphatic carbocycles. The van der Waals surface area contributed by atoms with Crippen molar-refractivity contribution in [3.8, 4) is 0 Å². The van der Waals surface area contributed by atoms with E-state index in [-0.39, 0.29) is 5.82 Å². The molecule has 1 aliphatic heterocycles. The van der Waals surface area contributed by atoms with Crippen LogP contribution in [0.1, 0.15) is 25.3 Å². The van der Waals surface area contributed by atoms with Crippen LogP contribution in [0.5, 0.6) is 0 Å². The Morgan fingerprint density at radius 3 is 2.72 bits per heavy atom. The van der Waals surface area contributed by atoms with Crippen LogP contribution in [-0.2, 0) is 6.54 Å². The highest BCUT2D eigenvalue weighted by Crippen LogP contribution is 2.14. The number of rotatable bonds is 5. The smallest absolute Gasteiger partial charge is 0.125 e. The van der Waals surface area contributed by atoms with E-state index >= 15 is 0 Å². The van der Waals surface area contributed by atoms with Crippen LogP contribution in [0.2, 0.25) is 5.02 Å². The van der Waals surface area contributed by atoms with Crippen molar-refractivity contribution in [3.63, 3.8) is 0 Å². The molecule has 18 heavy (non-hydrogen) atoms. The number of hydrogen-bond donors (Lipinski definition) is 1. The summed E-state index contributed by atoms with van der Waals surface area (Å²) >= 11 is 5.82. The van der Waals surface area contributed by atoms with Crippen molar-refractivity contribution in [1.82, 2.24) is 10.2 Å². The lowest BCUT2D eigenvalue weighted by atomic mass is 10.2. The van der Waals surface area contributed by atoms with Crippen molar-refractivity contribution in [2.45, 2.75) is 32.4 Å². The first-order valence-corrected chi connectivity index (χ1v) is 6.92. The average molecular weight is 271 g/mol. The van der Waals surface area contributed by atoms with Crippen molar-refractivity contribution < 1.29 is 4.39 Å². The largest absolute Gasteiger partial charge is 0.311 e. The topological polar surface area (TPSA) is 15.3 Å². The Balaban J connectivity index is 1.77. The predicted octanol–water partition coefficient (Wildman–Crippen LogP) is 3.05. The maximum Gasteiger partial charge on any atom is 0.125 e. The van der Waals surface area contributed by atoms with Gasteiger partial charge in [-0.15, -0.1) is 0 Å². The number of likely N-dealkylation sites (tertiary alicyclic amines) is 1. The van der Waals surface area contributed by atoms with Crippen molar-refractivity contribution in [2.75, 3.05) is 19.6 Å². The van der Waals surface area contributed by atoms with E-state index in [1.807, 2.05) is 0 Å². The monoisotopic (exact) mass is 270 g/mol. The van der Waals surface area contributed by atoms with Gasteiger partial charge in [0, 0.05) is 24.2 Å². The van der Waals surface area contributed by atoms with Gasteiger partial charge in [-0.05, 0) is 56.6 Å². The summed E-state index contributed by atoms with van der Waals surface area (Å²) in [6.45, 7) is 6.23. The summed E-state index contributed by atoms with van der Waals surface area (Å²) in [5.41, 5.74) is 0.897. The van der Waals surface area contributed by atoms with Gasteiger partial charge in [-0.2, -0.15) is 0 Å². The maximum atomic E-state index is 13.1. The first-order chi connectivity index (χ1) is 8.65. The Kier molecular flexibility index (Phi) is 4.98. The SMILES string of the molecule is CC(CNCc1cc(F)cc(Cl)c1)N1CCCC1. The molecule has 4 heteroatoms. The van der Waals surface area contributed by atoms with Gasteiger partial charge in [-0.1, -0.05) is 11.6 Å². The van der Waals surface area contributed by atoms with Crippen molar-refractivity contribution in [2.24, 2.45) is 0 Å². The second-order valence-corrected chi connectivity index (χ2v) is 5.44. The van der Waals surface area contributed by atoms with Gasteiger partial charge in [0.1, 0.15) is 5.82 Å². The van der Waals surface area contributed by atoms with Gasteiger partial charge in [0.25, 0.3) is 0 Å². The molecule has 1 saturated heterocycles. The summed E-state index contributed by atoms with van der Waals surface area (Å²) in [5, 5.41) is 3.82. The zero-order valence-electron chi connectivity index (χ0n) is 10.8. The molecule has 1 heterocycles. The van der Waals surface area contributed by atoms with Crippen LogP contribution in [0.15, 0.2) is 18.2 Å². The van der Waals surface area contributed by atoms with Gasteiger partial charge < -0.3 is 5.32 Å². The van der Waals surface area contributed by atoms with Crippen LogP contribution < -0.4 is 5.32 Å². The highest BCUT2D eigenvalue weighted by molar-refractivity contribution is 6.30. The molecule has 0 saturated carbocycles. The van der Waals surface area contributed by atoms with Crippen LogP contribution in [0.3, 0.4) is 0 Å². The quantitative estimate of drug-likeness (QED) is 0.885. The van der Waals surface area contributed by atoms with Gasteiger partial charge in [0.2, 0.25) is 0 Å². The molecule has 1 N–H and O–H groups in total. The third-order valence-electron chi connectivity index (χ3n) is 3.46. The van der Waals surface area contributed by atoms with E-state index in [0.29, 0.717) is 17.6 Å². The Morgan fingerprint density at radius 2 is 2.06 bits per heavy atom. The van der Waals surface area contributed by atoms with Crippen LogP contribution in [0.25, 0.3) is 0 Å². The Morgan fingerprint density at radius 1 is 1.33 bits per heavy atom. The summed E-state index contributed by atoms with van der Waals surface area (Å²) in [6, 6.07) is 5.20. The molecule has 1 aromatic rings. The molecular weight excluding hydrogens is 251 g/mol. The first-order valence-electron chi connectivity index (χ1n) is 6.55. The average Bonchev–Trinajstić information content (AvgIpc) is 2.80. The minimum Gasteiger partial charge on any atom is -0.311 e. The number of halogens is 2. The molecule has 100 valence electrons. The fourth-order valence-electron chi connectivity index (χ4n) is 2.45. The fraction of sp³-hybridized carbons (Fsp3) is 0.571. The maximum absolute atomic E-state index is 13.1. The number of hydrogen-bond acceptors (Lipinski definition) is 2. The predicted molar refractivity (Wildman–Crippen MR) is 73.4 cm³/mol. The van der Waals surface area contributed by atoms with Gasteiger partial charge in [0.15, 0.2) is 0 Å². The van der Waals surface area contributed by atoms with E-state index in [0.717, 1.165) is 12.1 Å². The zero-order chi connectivity index (χ0) is 13.0. The zero-order valence-corrected chi connectivity index (χ0v) is 11.5. The number of benzene rings is 1. The van der Waals surface area contributed by atoms with Crippen LogP contribution in [0, 0.1) is 5.82 Å². The van der Waals surface area contributed by atoms with Crippen molar-refractivity contribution >= 4 is 11.6 Å². The molecule has 0 spiro atoms. The van der Waals surface area contributed by atoms with Gasteiger partial charge in [0.05, 0.1) is 0 Å². The summed E-state index contributed by atoms with van der Waals surface area (Å²) < 4.78 is 13.1. The highest BCUT2D eigenvalue weighted by Gasteiger charge is 2.17. The van der Waals surface area contributed by atoms with E-state index in [1.54, 1.807) is 6.07 Å². The second-order valence-electron chi connectivity index (χ2n) is 5.00. The normalized spacial score (nSPS) is 18.2. The summed E-state index contributed by atoms with van der Waals surface area (Å²) in [4.78, 5) is 2.49. The first kappa shape index (κ1) is 13.8. The third-order valence-corrected chi connectivity index (χ3v) is 3.67. The molecule has 1 aromatic carbocycles. The number of nitrogens with zero attached hydrogens (tertiary/aromatic N) is 1. The number of nitrogens with one attached hydrogen (secondary N) is 1. The third kappa shape index (κ3) is 3.94. The molecule has 2 rings (SSSR count). The molecule has 1 atom stereocenters. The lowest BCUT2D eigenvalue weighted by molar-refractivity contribution is 0.251. The summed E-state index contributed by atoms with van der Waals surface area (Å²) in [5.74, 6) is -0.271. The van der Waals surface area contributed by atoms with Gasteiger partial charge >= 0.3 is 0 Å². The molecule has 0 amide bonds. The Bertz CT molecular complexity index is 371. The van der Waals surface area contributed by atoms with Gasteiger partial charge in [-0.3, -0.25) is 4.90 Å². The fourth-order valence-corrected chi connectivity index (χ4v) is 2.69. The van der Waals surface area contributed by atoms with Crippen LogP contribution >= 0.6 is 11.6 Å². The molecule has 1 aliphatic rings. The molecule has 0 radical (unpaired) electrons. The van der Waals surface area contributed by atoms with E-state index in [9.17, 15) is 4.39 Å². The minimum absolute atomic E-state index is 0.271. The summed E-state index contributed by atoms with van der Waals surface area (Å²) in [7, 11) is 0. The second kappa shape index (κ2) is 6.50. The van der Waals surface area contributed by atoms with E-state index in [1.165, 1.54) is 38.1 Å². The van der Waals surface area contributed by atoms with E-state index < -0.39 is 0 Å². The lowest BCUT2D eigenvalue weighted by Crippen LogP contribution is -2.38. The Labute approximate surface area is 113 Å². The molecule has 0 aromatic heterocycles. The molecule has 1 fully saturated rings. The van der Waals surface area contributed by atoms with E-state index in [4.69, 9.17) is 11.6 Å².